The van der Waals surface area contributed by atoms with Gasteiger partial charge in [-0.3, -0.25) is 4.79 Å². The van der Waals surface area contributed by atoms with Crippen molar-refractivity contribution in [3.63, 3.8) is 0 Å². The molecule has 1 fully saturated rings. The summed E-state index contributed by atoms with van der Waals surface area (Å²) in [5, 5.41) is 15.0. The van der Waals surface area contributed by atoms with Crippen LogP contribution in [0.3, 0.4) is 0 Å². The molecule has 3 aromatic carbocycles. The van der Waals surface area contributed by atoms with Gasteiger partial charge in [0.05, 0.1) is 19.3 Å². The number of alkyl carbamates (subject to hydrolysis) is 1. The Kier molecular flexibility index (Phi) is 8.14. The average Bonchev–Trinajstić information content (AvgIpc) is 3.57. The van der Waals surface area contributed by atoms with Crippen molar-refractivity contribution in [2.45, 2.75) is 43.6 Å². The van der Waals surface area contributed by atoms with Crippen LogP contribution in [0.25, 0.3) is 11.1 Å². The van der Waals surface area contributed by atoms with E-state index in [9.17, 15) is 19.5 Å². The predicted molar refractivity (Wildman–Crippen MR) is 147 cm³/mol. The van der Waals surface area contributed by atoms with Gasteiger partial charge < -0.3 is 30.0 Å². The minimum absolute atomic E-state index is 0.0839. The number of carboxylic acid groups (broad SMARTS) is 1. The molecule has 208 valence electrons. The molecule has 3 atom stereocenters. The standard InChI is InChI=1S/C31H32N2O7/c1-20(39-17-21-9-3-2-4-10-21)27(28(34)35)32-29(36)31(15-16-38-19-31)33-30(37)40-18-26-24-13-7-5-11-22(24)23-12-6-8-14-25(23)26/h2-14,20,26-27H,15-19H2,1H3,(H,32,36)(H,33,37)(H,34,35)/t20-,27+,31?/m1/s1. The summed E-state index contributed by atoms with van der Waals surface area (Å²) >= 11 is 0. The third-order valence-corrected chi connectivity index (χ3v) is 7.52. The van der Waals surface area contributed by atoms with Crippen molar-refractivity contribution < 1.29 is 33.7 Å². The van der Waals surface area contributed by atoms with Gasteiger partial charge in [0, 0.05) is 18.9 Å². The fourth-order valence-electron chi connectivity index (χ4n) is 5.29. The largest absolute Gasteiger partial charge is 0.480 e. The van der Waals surface area contributed by atoms with E-state index in [1.54, 1.807) is 6.92 Å². The van der Waals surface area contributed by atoms with Crippen LogP contribution in [0.15, 0.2) is 78.9 Å². The molecule has 3 aromatic rings. The highest BCUT2D eigenvalue weighted by atomic mass is 16.6. The summed E-state index contributed by atoms with van der Waals surface area (Å²) in [4.78, 5) is 38.4. The molecule has 1 heterocycles. The lowest BCUT2D eigenvalue weighted by molar-refractivity contribution is -0.147. The molecule has 1 aliphatic heterocycles. The normalized spacial score (nSPS) is 19.2. The van der Waals surface area contributed by atoms with Gasteiger partial charge in [-0.1, -0.05) is 78.9 Å². The Morgan fingerprint density at radius 1 is 0.975 bits per heavy atom. The number of benzene rings is 3. The Labute approximate surface area is 232 Å². The topological polar surface area (TPSA) is 123 Å². The summed E-state index contributed by atoms with van der Waals surface area (Å²) in [6, 6.07) is 24.0. The third kappa shape index (κ3) is 5.71. The molecule has 0 spiro atoms. The monoisotopic (exact) mass is 544 g/mol. The molecule has 40 heavy (non-hydrogen) atoms. The van der Waals surface area contributed by atoms with Crippen molar-refractivity contribution in [2.75, 3.05) is 19.8 Å². The van der Waals surface area contributed by atoms with Crippen LogP contribution >= 0.6 is 0 Å². The molecular formula is C31H32N2O7. The summed E-state index contributed by atoms with van der Waals surface area (Å²) in [5.74, 6) is -2.05. The minimum atomic E-state index is -1.46. The summed E-state index contributed by atoms with van der Waals surface area (Å²) in [6.45, 7) is 1.98. The number of ether oxygens (including phenoxy) is 3. The van der Waals surface area contributed by atoms with Crippen LogP contribution in [0.5, 0.6) is 0 Å². The number of carboxylic acids is 1. The van der Waals surface area contributed by atoms with Gasteiger partial charge in [0.25, 0.3) is 0 Å². The first kappa shape index (κ1) is 27.4. The summed E-state index contributed by atoms with van der Waals surface area (Å²) < 4.78 is 16.8. The highest BCUT2D eigenvalue weighted by molar-refractivity contribution is 5.93. The lowest BCUT2D eigenvalue weighted by Gasteiger charge is -2.30. The van der Waals surface area contributed by atoms with Crippen LogP contribution in [-0.4, -0.2) is 60.6 Å². The van der Waals surface area contributed by atoms with E-state index in [4.69, 9.17) is 14.2 Å². The van der Waals surface area contributed by atoms with Gasteiger partial charge in [-0.05, 0) is 34.7 Å². The molecule has 2 amide bonds. The number of carbonyl (C=O) groups is 3. The molecule has 0 saturated carbocycles. The van der Waals surface area contributed by atoms with Crippen molar-refractivity contribution in [1.29, 1.82) is 0 Å². The molecule has 0 aromatic heterocycles. The number of hydrogen-bond acceptors (Lipinski definition) is 6. The number of aliphatic carboxylic acids is 1. The molecule has 1 saturated heterocycles. The van der Waals surface area contributed by atoms with Crippen LogP contribution in [0, 0.1) is 0 Å². The molecule has 9 heteroatoms. The maximum atomic E-state index is 13.4. The summed E-state index contributed by atoms with van der Waals surface area (Å²) in [7, 11) is 0. The fourth-order valence-corrected chi connectivity index (χ4v) is 5.29. The van der Waals surface area contributed by atoms with Crippen LogP contribution in [0.4, 0.5) is 4.79 Å². The SMILES string of the molecule is C[C@@H](OCc1ccccc1)[C@H](NC(=O)C1(NC(=O)OCC2c3ccccc3-c3ccccc32)CCOC1)C(=O)O. The zero-order chi connectivity index (χ0) is 28.1. The Morgan fingerprint density at radius 2 is 1.60 bits per heavy atom. The fraction of sp³-hybridized carbons (Fsp3) is 0.323. The smallest absolute Gasteiger partial charge is 0.408 e. The van der Waals surface area contributed by atoms with Crippen molar-refractivity contribution in [2.24, 2.45) is 0 Å². The van der Waals surface area contributed by atoms with E-state index in [2.05, 4.69) is 10.6 Å². The molecule has 1 unspecified atom stereocenters. The first-order valence-corrected chi connectivity index (χ1v) is 13.3. The zero-order valence-electron chi connectivity index (χ0n) is 22.2. The van der Waals surface area contributed by atoms with E-state index < -0.39 is 35.7 Å². The predicted octanol–water partition coefficient (Wildman–Crippen LogP) is 3.86. The Hall–Kier alpha value is -4.21. The van der Waals surface area contributed by atoms with Gasteiger partial charge in [-0.25, -0.2) is 9.59 Å². The van der Waals surface area contributed by atoms with Crippen LogP contribution in [0.2, 0.25) is 0 Å². The highest BCUT2D eigenvalue weighted by Crippen LogP contribution is 2.44. The number of hydrogen-bond donors (Lipinski definition) is 3. The van der Waals surface area contributed by atoms with Crippen molar-refractivity contribution >= 4 is 18.0 Å². The van der Waals surface area contributed by atoms with Crippen molar-refractivity contribution in [1.82, 2.24) is 10.6 Å². The molecule has 1 aliphatic carbocycles. The van der Waals surface area contributed by atoms with E-state index >= 15 is 0 Å². The average molecular weight is 545 g/mol. The molecule has 0 bridgehead atoms. The first-order valence-electron chi connectivity index (χ1n) is 13.3. The maximum Gasteiger partial charge on any atom is 0.408 e. The maximum absolute atomic E-state index is 13.4. The van der Waals surface area contributed by atoms with Crippen LogP contribution < -0.4 is 10.6 Å². The van der Waals surface area contributed by atoms with Crippen LogP contribution in [0.1, 0.15) is 36.0 Å². The Balaban J connectivity index is 1.23. The number of fused-ring (bicyclic) bond motifs is 3. The van der Waals surface area contributed by atoms with E-state index in [1.807, 2.05) is 78.9 Å². The Morgan fingerprint density at radius 3 is 2.20 bits per heavy atom. The second kappa shape index (κ2) is 11.9. The second-order valence-corrected chi connectivity index (χ2v) is 10.1. The molecular weight excluding hydrogens is 512 g/mol. The molecule has 2 aliphatic rings. The highest BCUT2D eigenvalue weighted by Gasteiger charge is 2.46. The molecule has 0 radical (unpaired) electrons. The van der Waals surface area contributed by atoms with E-state index in [1.165, 1.54) is 0 Å². The van der Waals surface area contributed by atoms with Gasteiger partial charge in [0.2, 0.25) is 5.91 Å². The van der Waals surface area contributed by atoms with Crippen molar-refractivity contribution in [3.05, 3.63) is 95.6 Å². The number of nitrogens with one attached hydrogen (secondary N) is 2. The second-order valence-electron chi connectivity index (χ2n) is 10.1. The van der Waals surface area contributed by atoms with E-state index in [-0.39, 0.29) is 38.8 Å². The lowest BCUT2D eigenvalue weighted by Crippen LogP contribution is -2.63. The summed E-state index contributed by atoms with van der Waals surface area (Å²) in [6.07, 6.45) is -1.44. The zero-order valence-corrected chi connectivity index (χ0v) is 22.2. The van der Waals surface area contributed by atoms with Gasteiger partial charge in [0.15, 0.2) is 6.04 Å². The van der Waals surface area contributed by atoms with E-state index in [0.717, 1.165) is 27.8 Å². The quantitative estimate of drug-likeness (QED) is 0.354. The summed E-state index contributed by atoms with van der Waals surface area (Å²) in [5.41, 5.74) is 3.77. The van der Waals surface area contributed by atoms with Gasteiger partial charge in [0.1, 0.15) is 12.1 Å². The lowest BCUT2D eigenvalue weighted by atomic mass is 9.96. The van der Waals surface area contributed by atoms with Crippen LogP contribution in [-0.2, 0) is 30.4 Å². The van der Waals surface area contributed by atoms with E-state index in [0.29, 0.717) is 0 Å². The van der Waals surface area contributed by atoms with Crippen molar-refractivity contribution in [3.8, 4) is 11.1 Å². The van der Waals surface area contributed by atoms with Gasteiger partial charge >= 0.3 is 12.1 Å². The van der Waals surface area contributed by atoms with Gasteiger partial charge in [-0.2, -0.15) is 0 Å². The number of amides is 2. The Bertz CT molecular complexity index is 1330. The molecule has 3 N–H and O–H groups in total. The first-order chi connectivity index (χ1) is 19.4. The third-order valence-electron chi connectivity index (χ3n) is 7.52. The molecule has 5 rings (SSSR count). The van der Waals surface area contributed by atoms with Gasteiger partial charge in [-0.15, -0.1) is 0 Å². The number of rotatable bonds is 10. The number of carbonyl (C=O) groups excluding carboxylic acids is 2. The molecule has 9 nitrogen and oxygen atoms in total. The minimum Gasteiger partial charge on any atom is -0.480 e.